The third-order valence-corrected chi connectivity index (χ3v) is 5.24. The Labute approximate surface area is 137 Å². The highest BCUT2D eigenvalue weighted by molar-refractivity contribution is 5.92. The Morgan fingerprint density at radius 3 is 2.91 bits per heavy atom. The Kier molecular flexibility index (Phi) is 5.02. The monoisotopic (exact) mass is 321 g/mol. The van der Waals surface area contributed by atoms with E-state index in [-0.39, 0.29) is 11.5 Å². The zero-order valence-electron chi connectivity index (χ0n) is 14.2. The number of hydrogen-bond acceptors (Lipinski definition) is 4. The summed E-state index contributed by atoms with van der Waals surface area (Å²) < 4.78 is 13.3. The highest BCUT2D eigenvalue weighted by Gasteiger charge is 2.46. The Bertz CT molecular complexity index is 535. The molecule has 3 heterocycles. The number of ether oxygens (including phenoxy) is 2. The summed E-state index contributed by atoms with van der Waals surface area (Å²) in [4.78, 5) is 14.4. The van der Waals surface area contributed by atoms with Crippen molar-refractivity contribution in [2.45, 2.75) is 38.2 Å². The van der Waals surface area contributed by atoms with Crippen molar-refractivity contribution in [1.82, 2.24) is 14.7 Å². The van der Waals surface area contributed by atoms with E-state index in [1.807, 2.05) is 25.1 Å². The van der Waals surface area contributed by atoms with Gasteiger partial charge in [0.2, 0.25) is 0 Å². The van der Waals surface area contributed by atoms with Gasteiger partial charge in [-0.2, -0.15) is 5.10 Å². The molecule has 0 aromatic carbocycles. The van der Waals surface area contributed by atoms with Crippen LogP contribution < -0.4 is 0 Å². The number of amides is 1. The van der Waals surface area contributed by atoms with Crippen LogP contribution in [0.5, 0.6) is 0 Å². The molecular weight excluding hydrogens is 294 g/mol. The molecule has 0 unspecified atom stereocenters. The molecule has 1 aromatic heterocycles. The zero-order chi connectivity index (χ0) is 16.3. The summed E-state index contributed by atoms with van der Waals surface area (Å²) in [6, 6.07) is 1.78. The van der Waals surface area contributed by atoms with E-state index < -0.39 is 0 Å². The predicted molar refractivity (Wildman–Crippen MR) is 86.2 cm³/mol. The number of aryl methyl sites for hydroxylation is 1. The van der Waals surface area contributed by atoms with E-state index in [4.69, 9.17) is 9.47 Å². The number of piperidine rings is 1. The van der Waals surface area contributed by atoms with Gasteiger partial charge < -0.3 is 14.4 Å². The first-order valence-corrected chi connectivity index (χ1v) is 8.65. The molecule has 2 aliphatic rings. The van der Waals surface area contributed by atoms with Gasteiger partial charge in [0.25, 0.3) is 5.91 Å². The lowest BCUT2D eigenvalue weighted by Gasteiger charge is -2.42. The number of hydrogen-bond donors (Lipinski definition) is 0. The SMILES string of the molecule is CCOCC[C@H]1CCOC12CCN(C(=O)c1ccn(C)n1)CC2. The topological polar surface area (TPSA) is 56.6 Å². The molecule has 23 heavy (non-hydrogen) atoms. The molecule has 0 bridgehead atoms. The number of carbonyl (C=O) groups is 1. The van der Waals surface area contributed by atoms with E-state index >= 15 is 0 Å². The van der Waals surface area contributed by atoms with E-state index in [1.54, 1.807) is 10.7 Å². The lowest BCUT2D eigenvalue weighted by Crippen LogP contribution is -2.49. The summed E-state index contributed by atoms with van der Waals surface area (Å²) in [6.45, 7) is 5.95. The molecule has 3 rings (SSSR count). The average Bonchev–Trinajstić information content (AvgIpc) is 3.15. The molecule has 1 spiro atoms. The second-order valence-electron chi connectivity index (χ2n) is 6.55. The minimum Gasteiger partial charge on any atom is -0.382 e. The smallest absolute Gasteiger partial charge is 0.274 e. The summed E-state index contributed by atoms with van der Waals surface area (Å²) in [5.74, 6) is 0.588. The predicted octanol–water partition coefficient (Wildman–Crippen LogP) is 1.86. The van der Waals surface area contributed by atoms with Gasteiger partial charge in [0, 0.05) is 46.2 Å². The van der Waals surface area contributed by atoms with E-state index in [0.717, 1.165) is 58.6 Å². The Morgan fingerprint density at radius 2 is 2.26 bits per heavy atom. The van der Waals surface area contributed by atoms with E-state index in [2.05, 4.69) is 5.10 Å². The maximum atomic E-state index is 12.5. The molecule has 6 heteroatoms. The lowest BCUT2D eigenvalue weighted by atomic mass is 9.78. The van der Waals surface area contributed by atoms with Crippen molar-refractivity contribution >= 4 is 5.91 Å². The van der Waals surface area contributed by atoms with Gasteiger partial charge in [-0.15, -0.1) is 0 Å². The molecule has 1 aromatic rings. The van der Waals surface area contributed by atoms with Gasteiger partial charge in [0.05, 0.1) is 5.60 Å². The summed E-state index contributed by atoms with van der Waals surface area (Å²) in [7, 11) is 1.83. The quantitative estimate of drug-likeness (QED) is 0.777. The van der Waals surface area contributed by atoms with Gasteiger partial charge in [0.15, 0.2) is 0 Å². The second kappa shape index (κ2) is 7.01. The summed E-state index contributed by atoms with van der Waals surface area (Å²) in [5.41, 5.74) is 0.488. The zero-order valence-corrected chi connectivity index (χ0v) is 14.2. The fourth-order valence-corrected chi connectivity index (χ4v) is 3.89. The van der Waals surface area contributed by atoms with Gasteiger partial charge in [0.1, 0.15) is 5.69 Å². The highest BCUT2D eigenvalue weighted by Crippen LogP contribution is 2.42. The largest absolute Gasteiger partial charge is 0.382 e. The Hall–Kier alpha value is -1.40. The van der Waals surface area contributed by atoms with Gasteiger partial charge in [-0.25, -0.2) is 0 Å². The van der Waals surface area contributed by atoms with E-state index in [9.17, 15) is 4.79 Å². The van der Waals surface area contributed by atoms with Crippen molar-refractivity contribution in [1.29, 1.82) is 0 Å². The lowest BCUT2D eigenvalue weighted by molar-refractivity contribution is -0.0669. The molecule has 1 amide bonds. The van der Waals surface area contributed by atoms with Crippen molar-refractivity contribution in [3.63, 3.8) is 0 Å². The van der Waals surface area contributed by atoms with Crippen LogP contribution in [0.3, 0.4) is 0 Å². The average molecular weight is 321 g/mol. The first-order chi connectivity index (χ1) is 11.1. The Balaban J connectivity index is 1.57. The number of carbonyl (C=O) groups excluding carboxylic acids is 1. The summed E-state index contributed by atoms with van der Waals surface area (Å²) in [6.07, 6.45) is 5.82. The fourth-order valence-electron chi connectivity index (χ4n) is 3.89. The van der Waals surface area contributed by atoms with Crippen LogP contribution in [0.15, 0.2) is 12.3 Å². The first-order valence-electron chi connectivity index (χ1n) is 8.65. The van der Waals surface area contributed by atoms with Crippen molar-refractivity contribution in [2.75, 3.05) is 32.9 Å². The normalized spacial score (nSPS) is 23.6. The highest BCUT2D eigenvalue weighted by atomic mass is 16.5. The molecule has 2 fully saturated rings. The van der Waals surface area contributed by atoms with Crippen LogP contribution in [-0.2, 0) is 16.5 Å². The van der Waals surface area contributed by atoms with E-state index in [0.29, 0.717) is 11.6 Å². The van der Waals surface area contributed by atoms with Gasteiger partial charge in [-0.1, -0.05) is 0 Å². The number of nitrogens with zero attached hydrogens (tertiary/aromatic N) is 3. The molecular formula is C17H27N3O3. The molecule has 2 saturated heterocycles. The van der Waals surface area contributed by atoms with Gasteiger partial charge >= 0.3 is 0 Å². The number of likely N-dealkylation sites (tertiary alicyclic amines) is 1. The molecule has 128 valence electrons. The molecule has 6 nitrogen and oxygen atoms in total. The fraction of sp³-hybridized carbons (Fsp3) is 0.765. The molecule has 0 saturated carbocycles. The van der Waals surface area contributed by atoms with Crippen molar-refractivity contribution < 1.29 is 14.3 Å². The van der Waals surface area contributed by atoms with Crippen LogP contribution in [0.4, 0.5) is 0 Å². The molecule has 2 aliphatic heterocycles. The minimum absolute atomic E-state index is 0.0318. The van der Waals surface area contributed by atoms with Crippen molar-refractivity contribution in [2.24, 2.45) is 13.0 Å². The summed E-state index contributed by atoms with van der Waals surface area (Å²) in [5, 5.41) is 4.22. The standard InChI is InChI=1S/C17H27N3O3/c1-3-22-12-5-14-6-13-23-17(14)7-10-20(11-8-17)16(21)15-4-9-19(2)18-15/h4,9,14H,3,5-8,10-13H2,1-2H3/t14-/m0/s1. The minimum atomic E-state index is -0.0437. The van der Waals surface area contributed by atoms with Crippen LogP contribution in [0.2, 0.25) is 0 Å². The maximum absolute atomic E-state index is 12.5. The molecule has 0 N–H and O–H groups in total. The molecule has 0 aliphatic carbocycles. The third kappa shape index (κ3) is 3.43. The maximum Gasteiger partial charge on any atom is 0.274 e. The molecule has 0 radical (unpaired) electrons. The van der Waals surface area contributed by atoms with Crippen LogP contribution in [0.25, 0.3) is 0 Å². The molecule has 1 atom stereocenters. The number of aromatic nitrogens is 2. The van der Waals surface area contributed by atoms with Crippen LogP contribution in [-0.4, -0.2) is 59.1 Å². The van der Waals surface area contributed by atoms with Crippen LogP contribution >= 0.6 is 0 Å². The van der Waals surface area contributed by atoms with Crippen molar-refractivity contribution in [3.05, 3.63) is 18.0 Å². The third-order valence-electron chi connectivity index (χ3n) is 5.24. The van der Waals surface area contributed by atoms with Crippen molar-refractivity contribution in [3.8, 4) is 0 Å². The first kappa shape index (κ1) is 16.5. The van der Waals surface area contributed by atoms with E-state index in [1.165, 1.54) is 0 Å². The van der Waals surface area contributed by atoms with Gasteiger partial charge in [-0.05, 0) is 44.6 Å². The Morgan fingerprint density at radius 1 is 1.48 bits per heavy atom. The van der Waals surface area contributed by atoms with Crippen LogP contribution in [0, 0.1) is 5.92 Å². The number of rotatable bonds is 5. The van der Waals surface area contributed by atoms with Gasteiger partial charge in [-0.3, -0.25) is 9.48 Å². The summed E-state index contributed by atoms with van der Waals surface area (Å²) >= 11 is 0. The van der Waals surface area contributed by atoms with Crippen LogP contribution in [0.1, 0.15) is 43.1 Å². The second-order valence-corrected chi connectivity index (χ2v) is 6.55.